The van der Waals surface area contributed by atoms with Crippen LogP contribution in [-0.4, -0.2) is 74.1 Å². The first-order valence-corrected chi connectivity index (χ1v) is 20.9. The zero-order valence-corrected chi connectivity index (χ0v) is 34.5. The highest BCUT2D eigenvalue weighted by Gasteiger charge is 2.29. The molecule has 4 aromatic rings. The van der Waals surface area contributed by atoms with Crippen molar-refractivity contribution in [3.05, 3.63) is 122 Å². The molecule has 12 nitrogen and oxygen atoms in total. The van der Waals surface area contributed by atoms with E-state index in [1.165, 1.54) is 12.2 Å². The molecule has 2 aromatic heterocycles. The Morgan fingerprint density at radius 3 is 1.28 bits per heavy atom. The maximum absolute atomic E-state index is 11.1. The second kappa shape index (κ2) is 26.6. The van der Waals surface area contributed by atoms with E-state index in [-0.39, 0.29) is 11.9 Å². The second-order valence-corrected chi connectivity index (χ2v) is 14.2. The van der Waals surface area contributed by atoms with Gasteiger partial charge in [0.25, 0.3) is 0 Å². The lowest BCUT2D eigenvalue weighted by atomic mass is 10.1. The van der Waals surface area contributed by atoms with E-state index in [4.69, 9.17) is 37.9 Å². The molecule has 1 aliphatic rings. The van der Waals surface area contributed by atoms with Gasteiger partial charge in [0.05, 0.1) is 76.6 Å². The number of hydrogen-bond acceptors (Lipinski definition) is 12. The number of benzene rings is 2. The molecule has 2 atom stereocenters. The van der Waals surface area contributed by atoms with Gasteiger partial charge in [-0.3, -0.25) is 9.97 Å². The van der Waals surface area contributed by atoms with E-state index in [0.717, 1.165) is 109 Å². The quantitative estimate of drug-likeness (QED) is 0.0307. The van der Waals surface area contributed by atoms with Crippen molar-refractivity contribution >= 4 is 11.9 Å². The van der Waals surface area contributed by atoms with Gasteiger partial charge in [0.2, 0.25) is 12.6 Å². The molecule has 12 heteroatoms. The Balaban J connectivity index is 0.958. The molecular weight excluding hydrogens is 765 g/mol. The van der Waals surface area contributed by atoms with Crippen molar-refractivity contribution in [2.45, 2.75) is 90.0 Å². The van der Waals surface area contributed by atoms with Gasteiger partial charge in [-0.2, -0.15) is 0 Å². The van der Waals surface area contributed by atoms with E-state index in [1.807, 2.05) is 72.8 Å². The molecule has 320 valence electrons. The van der Waals surface area contributed by atoms with E-state index in [0.29, 0.717) is 52.9 Å². The van der Waals surface area contributed by atoms with Gasteiger partial charge in [0, 0.05) is 23.3 Å². The van der Waals surface area contributed by atoms with Crippen LogP contribution in [0.5, 0.6) is 11.5 Å². The predicted molar refractivity (Wildman–Crippen MR) is 228 cm³/mol. The van der Waals surface area contributed by atoms with Crippen LogP contribution in [0.15, 0.2) is 111 Å². The number of unbranched alkanes of at least 4 members (excludes halogenated alkanes) is 8. The third kappa shape index (κ3) is 16.7. The van der Waals surface area contributed by atoms with Crippen molar-refractivity contribution in [1.82, 2.24) is 9.97 Å². The molecule has 2 unspecified atom stereocenters. The summed E-state index contributed by atoms with van der Waals surface area (Å²) in [5.41, 5.74) is 5.68. The average Bonchev–Trinajstić information content (AvgIpc) is 3.30. The van der Waals surface area contributed by atoms with Crippen LogP contribution in [0, 0.1) is 0 Å². The molecule has 2 aromatic carbocycles. The Kier molecular flexibility index (Phi) is 20.3. The number of aromatic nitrogens is 2. The van der Waals surface area contributed by atoms with Gasteiger partial charge >= 0.3 is 11.9 Å². The van der Waals surface area contributed by atoms with E-state index >= 15 is 0 Å². The summed E-state index contributed by atoms with van der Waals surface area (Å²) in [6, 6.07) is 24.0. The van der Waals surface area contributed by atoms with Crippen LogP contribution >= 0.6 is 0 Å². The highest BCUT2D eigenvalue weighted by molar-refractivity contribution is 5.81. The second-order valence-electron chi connectivity index (χ2n) is 14.2. The average molecular weight is 823 g/mol. The highest BCUT2D eigenvalue weighted by Crippen LogP contribution is 2.24. The molecule has 0 spiro atoms. The lowest BCUT2D eigenvalue weighted by Crippen LogP contribution is -2.41. The first kappa shape index (κ1) is 45.7. The number of carbonyl (C=O) groups is 2. The van der Waals surface area contributed by atoms with Crippen molar-refractivity contribution in [2.75, 3.05) is 39.6 Å². The van der Waals surface area contributed by atoms with E-state index < -0.39 is 12.6 Å². The van der Waals surface area contributed by atoms with Crippen LogP contribution in [0.25, 0.3) is 22.5 Å². The number of pyridine rings is 2. The van der Waals surface area contributed by atoms with Gasteiger partial charge in [-0.25, -0.2) is 9.59 Å². The van der Waals surface area contributed by atoms with Crippen molar-refractivity contribution < 1.29 is 47.5 Å². The maximum atomic E-state index is 11.1. The van der Waals surface area contributed by atoms with Gasteiger partial charge in [-0.1, -0.05) is 100 Å². The minimum absolute atomic E-state index is 0.334. The lowest BCUT2D eigenvalue weighted by molar-refractivity contribution is -0.326. The van der Waals surface area contributed by atoms with Crippen LogP contribution in [0.3, 0.4) is 0 Å². The van der Waals surface area contributed by atoms with Crippen molar-refractivity contribution in [3.8, 4) is 34.0 Å². The zero-order valence-electron chi connectivity index (χ0n) is 34.5. The van der Waals surface area contributed by atoms with Crippen molar-refractivity contribution in [1.29, 1.82) is 0 Å². The molecule has 0 bridgehead atoms. The van der Waals surface area contributed by atoms with Gasteiger partial charge in [-0.05, 0) is 61.1 Å². The molecule has 0 amide bonds. The molecule has 1 saturated heterocycles. The number of carbonyl (C=O) groups excluding carboxylic acids is 2. The number of hydrogen-bond donors (Lipinski definition) is 0. The summed E-state index contributed by atoms with van der Waals surface area (Å²) in [5.74, 6) is 0.750. The molecule has 5 rings (SSSR count). The largest absolute Gasteiger partial charge is 0.492 e. The lowest BCUT2D eigenvalue weighted by Gasteiger charge is -2.31. The van der Waals surface area contributed by atoms with Gasteiger partial charge in [0.1, 0.15) is 11.5 Å². The monoisotopic (exact) mass is 822 g/mol. The van der Waals surface area contributed by atoms with Crippen LogP contribution < -0.4 is 9.47 Å². The Labute approximate surface area is 353 Å². The first-order valence-electron chi connectivity index (χ1n) is 20.9. The molecule has 0 aliphatic carbocycles. The molecule has 60 heavy (non-hydrogen) atoms. The summed E-state index contributed by atoms with van der Waals surface area (Å²) < 4.78 is 45.7. The normalized spacial score (nSPS) is 14.9. The first-order chi connectivity index (χ1) is 29.5. The third-order valence-electron chi connectivity index (χ3n) is 9.61. The summed E-state index contributed by atoms with van der Waals surface area (Å²) in [4.78, 5) is 31.3. The van der Waals surface area contributed by atoms with Crippen molar-refractivity contribution in [3.63, 3.8) is 0 Å². The summed E-state index contributed by atoms with van der Waals surface area (Å²) in [7, 11) is 0. The number of ether oxygens (including phenoxy) is 8. The molecule has 1 aliphatic heterocycles. The van der Waals surface area contributed by atoms with Gasteiger partial charge < -0.3 is 37.9 Å². The summed E-state index contributed by atoms with van der Waals surface area (Å²) in [5, 5.41) is 0. The Hall–Kier alpha value is -5.40. The molecule has 3 heterocycles. The fourth-order valence-electron chi connectivity index (χ4n) is 6.22. The maximum Gasteiger partial charge on any atom is 0.330 e. The van der Waals surface area contributed by atoms with Crippen molar-refractivity contribution in [2.24, 2.45) is 0 Å². The molecule has 0 radical (unpaired) electrons. The predicted octanol–water partition coefficient (Wildman–Crippen LogP) is 9.36. The SMILES string of the molecule is C=CC(=O)OCCCCCCCOc1ccc(-c2ccc(COC3OCCOC3OCc3ccc(-c4ccc(OCCCCCCCOC(=O)C=C)cn4)cc3)cc2)nc1. The topological polar surface area (TPSA) is 134 Å². The molecule has 0 N–H and O–H groups in total. The number of esters is 2. The minimum atomic E-state index is -0.661. The molecule has 0 saturated carbocycles. The summed E-state index contributed by atoms with van der Waals surface area (Å²) in [6.07, 6.45) is 14.4. The van der Waals surface area contributed by atoms with Crippen LogP contribution in [0.4, 0.5) is 0 Å². The highest BCUT2D eigenvalue weighted by atomic mass is 16.8. The van der Waals surface area contributed by atoms with Crippen LogP contribution in [0.1, 0.15) is 75.3 Å². The van der Waals surface area contributed by atoms with E-state index in [2.05, 4.69) is 23.1 Å². The Bertz CT molecular complexity index is 1710. The Morgan fingerprint density at radius 2 is 0.917 bits per heavy atom. The van der Waals surface area contributed by atoms with Gasteiger partial charge in [-0.15, -0.1) is 0 Å². The molecule has 1 fully saturated rings. The smallest absolute Gasteiger partial charge is 0.330 e. The van der Waals surface area contributed by atoms with E-state index in [9.17, 15) is 9.59 Å². The van der Waals surface area contributed by atoms with Gasteiger partial charge in [0.15, 0.2) is 0 Å². The summed E-state index contributed by atoms with van der Waals surface area (Å²) >= 11 is 0. The number of nitrogens with zero attached hydrogens (tertiary/aromatic N) is 2. The fraction of sp³-hybridized carbons (Fsp3) is 0.417. The summed E-state index contributed by atoms with van der Waals surface area (Å²) in [6.45, 7) is 10.4. The Morgan fingerprint density at radius 1 is 0.533 bits per heavy atom. The zero-order chi connectivity index (χ0) is 42.0. The standard InChI is InChI=1S/C48H58N2O10/c1-3-45(51)55-29-13-9-5-7-11-27-53-41-23-25-43(49-33-41)39-19-15-37(16-20-39)35-59-47-48(58-32-31-57-47)60-36-38-17-21-40(22-18-38)44-26-24-42(34-50-44)54-28-12-8-6-10-14-30-56-46(52)4-2/h3-4,15-26,33-34,47-48H,1-2,5-14,27-32,35-36H2. The van der Waals surface area contributed by atoms with Crippen LogP contribution in [0.2, 0.25) is 0 Å². The third-order valence-corrected chi connectivity index (χ3v) is 9.61. The number of rotatable bonds is 28. The minimum Gasteiger partial charge on any atom is -0.492 e. The molecular formula is C48H58N2O10. The van der Waals surface area contributed by atoms with Crippen LogP contribution in [-0.2, 0) is 51.2 Å². The fourth-order valence-corrected chi connectivity index (χ4v) is 6.22. The van der Waals surface area contributed by atoms with E-state index in [1.54, 1.807) is 12.4 Å².